The normalized spacial score (nSPS) is 11.8. The molecule has 1 N–H and O–H groups in total. The standard InChI is InChI=1S/C36H40ClN3O5S/c1-3-4-22-38-36(42)34(24-28-12-7-5-8-13-28)39(25-30-16-11-17-31(37)23-30)35(41)26-40(46(2,43)44)32-18-20-33(21-19-32)45-27-29-14-9-6-10-15-29/h5-21,23,34H,3-4,22,24-27H2,1-2H3,(H,38,42)/t34-/m0/s1. The SMILES string of the molecule is CCCCNC(=O)[C@H](Cc1ccccc1)N(Cc1cccc(Cl)c1)C(=O)CN(c1ccc(OCc2ccccc2)cc1)S(C)(=O)=O. The van der Waals surface area contributed by atoms with E-state index in [-0.39, 0.29) is 18.9 Å². The Kier molecular flexibility index (Phi) is 12.6. The van der Waals surface area contributed by atoms with Crippen molar-refractivity contribution in [2.75, 3.05) is 23.7 Å². The lowest BCUT2D eigenvalue weighted by Gasteiger charge is -2.33. The maximum Gasteiger partial charge on any atom is 0.244 e. The number of hydrogen-bond donors (Lipinski definition) is 1. The molecule has 0 aliphatic carbocycles. The first-order chi connectivity index (χ1) is 22.1. The van der Waals surface area contributed by atoms with E-state index in [2.05, 4.69) is 5.32 Å². The van der Waals surface area contributed by atoms with E-state index in [4.69, 9.17) is 16.3 Å². The number of anilines is 1. The number of carbonyl (C=O) groups excluding carboxylic acids is 2. The molecule has 0 bridgehead atoms. The van der Waals surface area contributed by atoms with Crippen LogP contribution in [0, 0.1) is 0 Å². The lowest BCUT2D eigenvalue weighted by molar-refractivity contribution is -0.140. The van der Waals surface area contributed by atoms with Crippen molar-refractivity contribution < 1.29 is 22.7 Å². The second-order valence-corrected chi connectivity index (χ2v) is 13.4. The van der Waals surface area contributed by atoms with Gasteiger partial charge in [0.1, 0.15) is 24.9 Å². The van der Waals surface area contributed by atoms with E-state index in [1.54, 1.807) is 42.5 Å². The Morgan fingerprint density at radius 1 is 0.848 bits per heavy atom. The van der Waals surface area contributed by atoms with Gasteiger partial charge in [-0.05, 0) is 59.5 Å². The van der Waals surface area contributed by atoms with Gasteiger partial charge in [-0.25, -0.2) is 8.42 Å². The predicted molar refractivity (Wildman–Crippen MR) is 183 cm³/mol. The van der Waals surface area contributed by atoms with Crippen LogP contribution in [0.2, 0.25) is 5.02 Å². The second kappa shape index (κ2) is 16.8. The lowest BCUT2D eigenvalue weighted by atomic mass is 10.0. The number of nitrogens with one attached hydrogen (secondary N) is 1. The van der Waals surface area contributed by atoms with Gasteiger partial charge in [0.05, 0.1) is 11.9 Å². The highest BCUT2D eigenvalue weighted by atomic mass is 35.5. The number of benzene rings is 4. The first-order valence-corrected chi connectivity index (χ1v) is 17.5. The molecule has 0 aromatic heterocycles. The number of halogens is 1. The van der Waals surface area contributed by atoms with Crippen LogP contribution in [-0.4, -0.2) is 50.5 Å². The molecule has 0 saturated carbocycles. The fraction of sp³-hybridized carbons (Fsp3) is 0.278. The van der Waals surface area contributed by atoms with Gasteiger partial charge in [-0.1, -0.05) is 97.7 Å². The third kappa shape index (κ3) is 10.4. The maximum atomic E-state index is 14.2. The molecule has 0 spiro atoms. The number of carbonyl (C=O) groups is 2. The van der Waals surface area contributed by atoms with Gasteiger partial charge < -0.3 is 15.0 Å². The minimum absolute atomic E-state index is 0.0575. The van der Waals surface area contributed by atoms with Gasteiger partial charge in [0.2, 0.25) is 21.8 Å². The van der Waals surface area contributed by atoms with Crippen molar-refractivity contribution in [1.29, 1.82) is 0 Å². The monoisotopic (exact) mass is 661 g/mol. The Morgan fingerprint density at radius 2 is 1.48 bits per heavy atom. The summed E-state index contributed by atoms with van der Waals surface area (Å²) in [6, 6.07) is 31.9. The van der Waals surface area contributed by atoms with Crippen LogP contribution >= 0.6 is 11.6 Å². The molecule has 0 aliphatic rings. The summed E-state index contributed by atoms with van der Waals surface area (Å²) in [5.74, 6) is -0.276. The third-order valence-electron chi connectivity index (χ3n) is 7.39. The molecule has 4 aromatic rings. The van der Waals surface area contributed by atoms with Gasteiger partial charge in [0, 0.05) is 24.5 Å². The Labute approximate surface area is 277 Å². The van der Waals surface area contributed by atoms with Crippen molar-refractivity contribution in [3.8, 4) is 5.75 Å². The highest BCUT2D eigenvalue weighted by Gasteiger charge is 2.33. The van der Waals surface area contributed by atoms with Crippen LogP contribution in [0.5, 0.6) is 5.75 Å². The molecule has 0 saturated heterocycles. The summed E-state index contributed by atoms with van der Waals surface area (Å²) in [6.45, 7) is 2.41. The summed E-state index contributed by atoms with van der Waals surface area (Å²) in [4.78, 5) is 29.4. The second-order valence-electron chi connectivity index (χ2n) is 11.0. The molecule has 2 amide bonds. The molecule has 0 aliphatic heterocycles. The van der Waals surface area contributed by atoms with Crippen LogP contribution in [0.25, 0.3) is 0 Å². The van der Waals surface area contributed by atoms with E-state index in [9.17, 15) is 18.0 Å². The van der Waals surface area contributed by atoms with E-state index in [1.807, 2.05) is 73.7 Å². The Morgan fingerprint density at radius 3 is 2.09 bits per heavy atom. The Bertz CT molecular complexity index is 1670. The van der Waals surface area contributed by atoms with Crippen molar-refractivity contribution >= 4 is 39.1 Å². The minimum Gasteiger partial charge on any atom is -0.489 e. The zero-order chi connectivity index (χ0) is 32.9. The van der Waals surface area contributed by atoms with Crippen molar-refractivity contribution in [3.63, 3.8) is 0 Å². The van der Waals surface area contributed by atoms with Crippen LogP contribution in [-0.2, 0) is 39.2 Å². The average molecular weight is 662 g/mol. The summed E-state index contributed by atoms with van der Waals surface area (Å²) in [7, 11) is -3.89. The summed E-state index contributed by atoms with van der Waals surface area (Å²) in [5.41, 5.74) is 2.88. The summed E-state index contributed by atoms with van der Waals surface area (Å²) in [5, 5.41) is 3.47. The zero-order valence-corrected chi connectivity index (χ0v) is 27.7. The van der Waals surface area contributed by atoms with E-state index in [0.29, 0.717) is 35.2 Å². The van der Waals surface area contributed by atoms with E-state index < -0.39 is 28.5 Å². The predicted octanol–water partition coefficient (Wildman–Crippen LogP) is 6.24. The van der Waals surface area contributed by atoms with Crippen LogP contribution in [0.4, 0.5) is 5.69 Å². The topological polar surface area (TPSA) is 96.0 Å². The Hall–Kier alpha value is -4.34. The molecule has 10 heteroatoms. The van der Waals surface area contributed by atoms with E-state index in [0.717, 1.165) is 34.5 Å². The first-order valence-electron chi connectivity index (χ1n) is 15.2. The lowest BCUT2D eigenvalue weighted by Crippen LogP contribution is -2.53. The number of hydrogen-bond acceptors (Lipinski definition) is 5. The van der Waals surface area contributed by atoms with Gasteiger partial charge >= 0.3 is 0 Å². The number of rotatable bonds is 16. The maximum absolute atomic E-state index is 14.2. The molecule has 1 atom stereocenters. The van der Waals surface area contributed by atoms with Crippen LogP contribution < -0.4 is 14.4 Å². The van der Waals surface area contributed by atoms with Gasteiger partial charge in [0.25, 0.3) is 0 Å². The zero-order valence-electron chi connectivity index (χ0n) is 26.1. The molecule has 0 fully saturated rings. The summed E-state index contributed by atoms with van der Waals surface area (Å²) >= 11 is 6.28. The third-order valence-corrected chi connectivity index (χ3v) is 8.77. The molecular weight excluding hydrogens is 622 g/mol. The molecule has 8 nitrogen and oxygen atoms in total. The van der Waals surface area contributed by atoms with Crippen LogP contribution in [0.15, 0.2) is 109 Å². The van der Waals surface area contributed by atoms with Crippen molar-refractivity contribution in [2.45, 2.75) is 45.4 Å². The van der Waals surface area contributed by atoms with Crippen molar-refractivity contribution in [1.82, 2.24) is 10.2 Å². The van der Waals surface area contributed by atoms with Gasteiger partial charge in [-0.15, -0.1) is 0 Å². The van der Waals surface area contributed by atoms with Crippen molar-refractivity contribution in [3.05, 3.63) is 131 Å². The fourth-order valence-corrected chi connectivity index (χ4v) is 6.02. The van der Waals surface area contributed by atoms with Crippen molar-refractivity contribution in [2.24, 2.45) is 0 Å². The fourth-order valence-electron chi connectivity index (χ4n) is 4.96. The first kappa shape index (κ1) is 34.5. The van der Waals surface area contributed by atoms with Gasteiger partial charge in [-0.2, -0.15) is 0 Å². The minimum atomic E-state index is -3.89. The molecule has 0 heterocycles. The Balaban J connectivity index is 1.63. The molecular formula is C36H40ClN3O5S. The number of sulfonamides is 1. The quantitative estimate of drug-likeness (QED) is 0.143. The van der Waals surface area contributed by atoms with Gasteiger partial charge in [0.15, 0.2) is 0 Å². The summed E-state index contributed by atoms with van der Waals surface area (Å²) < 4.78 is 33.1. The smallest absolute Gasteiger partial charge is 0.244 e. The molecule has 4 rings (SSSR count). The van der Waals surface area contributed by atoms with E-state index >= 15 is 0 Å². The van der Waals surface area contributed by atoms with E-state index in [1.165, 1.54) is 4.90 Å². The number of unbranched alkanes of at least 4 members (excludes halogenated alkanes) is 1. The van der Waals surface area contributed by atoms with Crippen LogP contribution in [0.3, 0.4) is 0 Å². The highest BCUT2D eigenvalue weighted by molar-refractivity contribution is 7.92. The average Bonchev–Trinajstić information content (AvgIpc) is 3.05. The number of ether oxygens (including phenoxy) is 1. The molecule has 46 heavy (non-hydrogen) atoms. The van der Waals surface area contributed by atoms with Crippen LogP contribution in [0.1, 0.15) is 36.5 Å². The van der Waals surface area contributed by atoms with Gasteiger partial charge in [-0.3, -0.25) is 13.9 Å². The molecule has 4 aromatic carbocycles. The number of nitrogens with zero attached hydrogens (tertiary/aromatic N) is 2. The highest BCUT2D eigenvalue weighted by Crippen LogP contribution is 2.24. The largest absolute Gasteiger partial charge is 0.489 e. The summed E-state index contributed by atoms with van der Waals surface area (Å²) in [6.07, 6.45) is 2.99. The molecule has 242 valence electrons. The number of amides is 2. The molecule has 0 radical (unpaired) electrons. The molecule has 0 unspecified atom stereocenters.